The van der Waals surface area contributed by atoms with Crippen LogP contribution >= 0.6 is 11.6 Å². The van der Waals surface area contributed by atoms with E-state index >= 15 is 0 Å². The molecule has 0 amide bonds. The van der Waals surface area contributed by atoms with Gasteiger partial charge < -0.3 is 10.6 Å². The van der Waals surface area contributed by atoms with E-state index < -0.39 is 0 Å². The summed E-state index contributed by atoms with van der Waals surface area (Å²) in [4.78, 5) is 11.7. The third kappa shape index (κ3) is 2.75. The van der Waals surface area contributed by atoms with E-state index in [0.29, 0.717) is 16.6 Å². The van der Waals surface area contributed by atoms with Gasteiger partial charge >= 0.3 is 0 Å². The van der Waals surface area contributed by atoms with Crippen LogP contribution in [-0.4, -0.2) is 42.5 Å². The van der Waals surface area contributed by atoms with E-state index in [-0.39, 0.29) is 5.92 Å². The van der Waals surface area contributed by atoms with Crippen molar-refractivity contribution in [1.29, 1.82) is 0 Å². The van der Waals surface area contributed by atoms with Crippen molar-refractivity contribution in [2.45, 2.75) is 25.7 Å². The Bertz CT molecular complexity index is 1190. The average molecular weight is 397 g/mol. The molecule has 0 bridgehead atoms. The number of anilines is 2. The summed E-state index contributed by atoms with van der Waals surface area (Å²) in [5.41, 5.74) is 9.82. The smallest absolute Gasteiger partial charge is 0.223 e. The summed E-state index contributed by atoms with van der Waals surface area (Å²) in [6, 6.07) is 3.77. The van der Waals surface area contributed by atoms with E-state index in [1.165, 1.54) is 0 Å². The number of benzene rings is 1. The van der Waals surface area contributed by atoms with Gasteiger partial charge in [0.15, 0.2) is 11.5 Å². The first-order chi connectivity index (χ1) is 13.5. The molecule has 8 nitrogen and oxygen atoms in total. The maximum absolute atomic E-state index is 6.28. The molecule has 144 valence electrons. The van der Waals surface area contributed by atoms with Crippen LogP contribution in [0.1, 0.15) is 30.1 Å². The number of hydrogen-bond donors (Lipinski definition) is 1. The number of piperidine rings is 1. The van der Waals surface area contributed by atoms with Gasteiger partial charge in [-0.2, -0.15) is 9.61 Å². The lowest BCUT2D eigenvalue weighted by Crippen LogP contribution is -2.34. The lowest BCUT2D eigenvalue weighted by molar-refractivity contribution is 0.491. The van der Waals surface area contributed by atoms with Crippen molar-refractivity contribution in [2.75, 3.05) is 23.7 Å². The summed E-state index contributed by atoms with van der Waals surface area (Å²) in [5, 5.41) is 10.5. The Kier molecular flexibility index (Phi) is 3.90. The van der Waals surface area contributed by atoms with Crippen molar-refractivity contribution < 1.29 is 0 Å². The quantitative estimate of drug-likeness (QED) is 0.560. The molecule has 4 heterocycles. The van der Waals surface area contributed by atoms with E-state index in [9.17, 15) is 0 Å². The standard InChI is InChI=1S/C19H21ClN8/c1-11-6-13(20)7-15-16(11)23-19(21)28-18(15)24-17(25-28)12-4-3-5-27(9-12)14-8-22-26(2)10-14/h6-8,10,12H,3-5,9H2,1-2H3,(H2,21,23)/t12-/m0/s1. The molecule has 0 aliphatic carbocycles. The van der Waals surface area contributed by atoms with Crippen LogP contribution < -0.4 is 10.6 Å². The zero-order valence-corrected chi connectivity index (χ0v) is 16.6. The average Bonchev–Trinajstić information content (AvgIpc) is 3.30. The Morgan fingerprint density at radius 2 is 2.11 bits per heavy atom. The summed E-state index contributed by atoms with van der Waals surface area (Å²) >= 11 is 6.28. The van der Waals surface area contributed by atoms with Gasteiger partial charge in [-0.05, 0) is 37.5 Å². The first-order valence-corrected chi connectivity index (χ1v) is 9.73. The summed E-state index contributed by atoms with van der Waals surface area (Å²) in [6.07, 6.45) is 6.06. The van der Waals surface area contributed by atoms with Gasteiger partial charge in [0, 0.05) is 42.7 Å². The highest BCUT2D eigenvalue weighted by Gasteiger charge is 2.26. The zero-order chi connectivity index (χ0) is 19.4. The molecule has 0 saturated carbocycles. The molecule has 5 rings (SSSR count). The number of nitrogen functional groups attached to an aromatic ring is 1. The van der Waals surface area contributed by atoms with Crippen molar-refractivity contribution in [1.82, 2.24) is 29.4 Å². The Labute approximate surface area is 166 Å². The number of rotatable bonds is 2. The zero-order valence-electron chi connectivity index (χ0n) is 15.8. The Morgan fingerprint density at radius 1 is 1.25 bits per heavy atom. The minimum atomic E-state index is 0.226. The van der Waals surface area contributed by atoms with E-state index in [4.69, 9.17) is 27.4 Å². The maximum atomic E-state index is 6.28. The van der Waals surface area contributed by atoms with Crippen LogP contribution in [0.25, 0.3) is 16.6 Å². The third-order valence-corrected chi connectivity index (χ3v) is 5.63. The van der Waals surface area contributed by atoms with Crippen molar-refractivity contribution in [3.8, 4) is 0 Å². The van der Waals surface area contributed by atoms with Gasteiger partial charge in [-0.25, -0.2) is 9.97 Å². The molecule has 1 aromatic carbocycles. The topological polar surface area (TPSA) is 90.2 Å². The lowest BCUT2D eigenvalue weighted by atomic mass is 9.97. The molecule has 1 aliphatic heterocycles. The van der Waals surface area contributed by atoms with Crippen LogP contribution in [-0.2, 0) is 7.05 Å². The van der Waals surface area contributed by atoms with Gasteiger partial charge in [0.2, 0.25) is 5.95 Å². The molecule has 2 N–H and O–H groups in total. The Balaban J connectivity index is 1.57. The predicted octanol–water partition coefficient (Wildman–Crippen LogP) is 2.94. The first kappa shape index (κ1) is 17.2. The van der Waals surface area contributed by atoms with Crippen molar-refractivity contribution in [3.63, 3.8) is 0 Å². The summed E-state index contributed by atoms with van der Waals surface area (Å²) < 4.78 is 3.46. The van der Waals surface area contributed by atoms with Gasteiger partial charge in [-0.15, -0.1) is 5.10 Å². The van der Waals surface area contributed by atoms with Crippen LogP contribution in [0.5, 0.6) is 0 Å². The third-order valence-electron chi connectivity index (χ3n) is 5.42. The summed E-state index contributed by atoms with van der Waals surface area (Å²) in [5.74, 6) is 1.36. The second-order valence-electron chi connectivity index (χ2n) is 7.45. The van der Waals surface area contributed by atoms with Crippen molar-refractivity contribution in [2.24, 2.45) is 7.05 Å². The van der Waals surface area contributed by atoms with Crippen molar-refractivity contribution in [3.05, 3.63) is 40.9 Å². The predicted molar refractivity (Wildman–Crippen MR) is 110 cm³/mol. The van der Waals surface area contributed by atoms with Gasteiger partial charge in [0.25, 0.3) is 0 Å². The van der Waals surface area contributed by atoms with Crippen LogP contribution in [0.2, 0.25) is 5.02 Å². The normalized spacial score (nSPS) is 17.7. The van der Waals surface area contributed by atoms with E-state index in [0.717, 1.165) is 53.9 Å². The van der Waals surface area contributed by atoms with E-state index in [1.54, 1.807) is 4.52 Å². The number of fused-ring (bicyclic) bond motifs is 3. The maximum Gasteiger partial charge on any atom is 0.223 e. The van der Waals surface area contributed by atoms with Crippen LogP contribution in [0.4, 0.5) is 11.6 Å². The molecule has 1 atom stereocenters. The van der Waals surface area contributed by atoms with Crippen molar-refractivity contribution >= 4 is 39.8 Å². The first-order valence-electron chi connectivity index (χ1n) is 9.35. The molecule has 0 radical (unpaired) electrons. The SMILES string of the molecule is Cc1cc(Cl)cc2c1nc(N)n1nc([C@H]3CCCN(c4cnn(C)c4)C3)nc21. The molecule has 0 unspecified atom stereocenters. The van der Waals surface area contributed by atoms with E-state index in [1.807, 2.05) is 43.2 Å². The monoisotopic (exact) mass is 396 g/mol. The number of hydrogen-bond acceptors (Lipinski definition) is 6. The number of halogens is 1. The molecule has 0 spiro atoms. The van der Waals surface area contributed by atoms with Crippen LogP contribution in [0.3, 0.4) is 0 Å². The molecule has 4 aromatic rings. The van der Waals surface area contributed by atoms with E-state index in [2.05, 4.69) is 15.0 Å². The fourth-order valence-corrected chi connectivity index (χ4v) is 4.32. The molecular weight excluding hydrogens is 376 g/mol. The summed E-state index contributed by atoms with van der Waals surface area (Å²) in [6.45, 7) is 3.84. The van der Waals surface area contributed by atoms with Crippen LogP contribution in [0, 0.1) is 6.92 Å². The highest BCUT2D eigenvalue weighted by atomic mass is 35.5. The van der Waals surface area contributed by atoms with Gasteiger partial charge in [0.1, 0.15) is 0 Å². The molecule has 28 heavy (non-hydrogen) atoms. The van der Waals surface area contributed by atoms with Gasteiger partial charge in [0.05, 0.1) is 17.4 Å². The highest BCUT2D eigenvalue weighted by molar-refractivity contribution is 6.31. The number of aryl methyl sites for hydroxylation is 2. The molecule has 1 saturated heterocycles. The fraction of sp³-hybridized carbons (Fsp3) is 0.368. The van der Waals surface area contributed by atoms with Gasteiger partial charge in [-0.1, -0.05) is 11.6 Å². The molecule has 3 aromatic heterocycles. The Morgan fingerprint density at radius 3 is 2.89 bits per heavy atom. The highest BCUT2D eigenvalue weighted by Crippen LogP contribution is 2.31. The Hall–Kier alpha value is -2.87. The summed E-state index contributed by atoms with van der Waals surface area (Å²) in [7, 11) is 1.93. The minimum Gasteiger partial charge on any atom is -0.368 e. The molecule has 9 heteroatoms. The minimum absolute atomic E-state index is 0.226. The molecular formula is C19H21ClN8. The van der Waals surface area contributed by atoms with Gasteiger partial charge in [-0.3, -0.25) is 4.68 Å². The second-order valence-corrected chi connectivity index (χ2v) is 7.89. The van der Waals surface area contributed by atoms with Crippen LogP contribution in [0.15, 0.2) is 24.5 Å². The lowest BCUT2D eigenvalue weighted by Gasteiger charge is -2.32. The second kappa shape index (κ2) is 6.34. The number of nitrogens with two attached hydrogens (primary N) is 1. The largest absolute Gasteiger partial charge is 0.368 e. The number of nitrogens with zero attached hydrogens (tertiary/aromatic N) is 7. The number of aromatic nitrogens is 6. The fourth-order valence-electron chi connectivity index (χ4n) is 4.05. The molecule has 1 fully saturated rings. The molecule has 1 aliphatic rings.